The number of ether oxygens (including phenoxy) is 1. The van der Waals surface area contributed by atoms with E-state index in [0.717, 1.165) is 5.56 Å². The minimum absolute atomic E-state index is 0.0658. The van der Waals surface area contributed by atoms with Crippen LogP contribution in [-0.2, 0) is 9.59 Å². The Balaban J connectivity index is 2.09. The van der Waals surface area contributed by atoms with Crippen LogP contribution in [-0.4, -0.2) is 52.0 Å². The molecule has 2 N–H and O–H groups in total. The highest BCUT2D eigenvalue weighted by molar-refractivity contribution is 8.00. The molecule has 1 saturated heterocycles. The summed E-state index contributed by atoms with van der Waals surface area (Å²) in [6, 6.07) is 6.97. The Morgan fingerprint density at radius 3 is 2.73 bits per heavy atom. The molecule has 1 aromatic rings. The molecule has 7 heteroatoms. The number of aliphatic hydroxyl groups is 2. The number of esters is 1. The number of thioether (sulfide) groups is 1. The molecule has 0 spiro atoms. The first-order chi connectivity index (χ1) is 10.5. The van der Waals surface area contributed by atoms with Gasteiger partial charge in [-0.3, -0.25) is 9.59 Å². The number of hydrogen-bond donors (Lipinski definition) is 2. The molecule has 120 valence electrons. The number of aliphatic hydroxyl groups excluding tert-OH is 2. The number of carbonyl (C=O) groups excluding carboxylic acids is 2. The lowest BCUT2D eigenvalue weighted by atomic mass is 10.2. The van der Waals surface area contributed by atoms with Crippen molar-refractivity contribution in [3.63, 3.8) is 0 Å². The summed E-state index contributed by atoms with van der Waals surface area (Å²) in [4.78, 5) is 24.7. The average molecular weight is 325 g/mol. The molecule has 2 atom stereocenters. The second-order valence-electron chi connectivity index (χ2n) is 4.94. The fourth-order valence-electron chi connectivity index (χ4n) is 2.12. The third-order valence-corrected chi connectivity index (χ3v) is 4.53. The van der Waals surface area contributed by atoms with Crippen LogP contribution in [0.4, 0.5) is 0 Å². The summed E-state index contributed by atoms with van der Waals surface area (Å²) < 4.78 is 5.11. The van der Waals surface area contributed by atoms with Gasteiger partial charge in [0.25, 0.3) is 0 Å². The Morgan fingerprint density at radius 2 is 2.14 bits per heavy atom. The van der Waals surface area contributed by atoms with Crippen molar-refractivity contribution in [1.82, 2.24) is 4.90 Å². The summed E-state index contributed by atoms with van der Waals surface area (Å²) in [7, 11) is 0. The number of amides is 1. The molecule has 0 bridgehead atoms. The van der Waals surface area contributed by atoms with Crippen LogP contribution in [0.1, 0.15) is 24.3 Å². The maximum absolute atomic E-state index is 11.9. The van der Waals surface area contributed by atoms with Gasteiger partial charge in [-0.25, -0.2) is 0 Å². The molecule has 0 saturated carbocycles. The van der Waals surface area contributed by atoms with Gasteiger partial charge in [0.05, 0.1) is 25.0 Å². The third-order valence-electron chi connectivity index (χ3n) is 3.27. The average Bonchev–Trinajstić information content (AvgIpc) is 2.89. The van der Waals surface area contributed by atoms with Crippen LogP contribution in [0.15, 0.2) is 24.3 Å². The zero-order valence-corrected chi connectivity index (χ0v) is 13.1. The van der Waals surface area contributed by atoms with Crippen molar-refractivity contribution in [2.24, 2.45) is 0 Å². The first-order valence-electron chi connectivity index (χ1n) is 7.05. The molecule has 22 heavy (non-hydrogen) atoms. The van der Waals surface area contributed by atoms with Crippen LogP contribution in [0.3, 0.4) is 0 Å². The minimum atomic E-state index is -0.949. The summed E-state index contributed by atoms with van der Waals surface area (Å²) in [5, 5.41) is 18.3. The molecular formula is C15H19NO5S. The zero-order chi connectivity index (χ0) is 16.1. The van der Waals surface area contributed by atoms with Crippen LogP contribution in [0, 0.1) is 0 Å². The Morgan fingerprint density at radius 1 is 1.45 bits per heavy atom. The van der Waals surface area contributed by atoms with Crippen LogP contribution >= 0.6 is 11.8 Å². The number of rotatable bonds is 6. The normalized spacial score (nSPS) is 19.3. The van der Waals surface area contributed by atoms with Crippen molar-refractivity contribution in [1.29, 1.82) is 0 Å². The lowest BCUT2D eigenvalue weighted by Crippen LogP contribution is -2.37. The van der Waals surface area contributed by atoms with Crippen LogP contribution in [0.25, 0.3) is 0 Å². The standard InChI is InChI=1S/C15H19NO5S/c1-2-14(20)21-12-5-3-10(4-6-12)15-16(7-11(18)8-17)13(19)9-22-15/h3-6,11,15,17-18H,2,7-9H2,1H3. The van der Waals surface area contributed by atoms with E-state index in [1.807, 2.05) is 0 Å². The smallest absolute Gasteiger partial charge is 0.310 e. The van der Waals surface area contributed by atoms with E-state index < -0.39 is 6.10 Å². The number of β-amino-alcohol motifs (C(OH)–C–C–N with tert-alkyl or cyclic N) is 1. The molecule has 6 nitrogen and oxygen atoms in total. The summed E-state index contributed by atoms with van der Waals surface area (Å²) in [6.45, 7) is 1.44. The number of carbonyl (C=O) groups is 2. The van der Waals surface area contributed by atoms with E-state index in [2.05, 4.69) is 0 Å². The number of hydrogen-bond acceptors (Lipinski definition) is 6. The monoisotopic (exact) mass is 325 g/mol. The van der Waals surface area contributed by atoms with Gasteiger partial charge in [-0.2, -0.15) is 0 Å². The van der Waals surface area contributed by atoms with E-state index in [0.29, 0.717) is 17.9 Å². The summed E-state index contributed by atoms with van der Waals surface area (Å²) in [5.74, 6) is 0.441. The second-order valence-corrected chi connectivity index (χ2v) is 6.01. The summed E-state index contributed by atoms with van der Waals surface area (Å²) in [5.41, 5.74) is 0.886. The van der Waals surface area contributed by atoms with Crippen LogP contribution in [0.2, 0.25) is 0 Å². The van der Waals surface area contributed by atoms with Crippen molar-refractivity contribution < 1.29 is 24.5 Å². The van der Waals surface area contributed by atoms with Gasteiger partial charge in [-0.05, 0) is 17.7 Å². The molecule has 1 aliphatic rings. The largest absolute Gasteiger partial charge is 0.427 e. The van der Waals surface area contributed by atoms with Crippen molar-refractivity contribution >= 4 is 23.6 Å². The molecule has 1 aliphatic heterocycles. The fraction of sp³-hybridized carbons (Fsp3) is 0.467. The molecule has 2 rings (SSSR count). The highest BCUT2D eigenvalue weighted by Gasteiger charge is 2.33. The predicted octanol–water partition coefficient (Wildman–Crippen LogP) is 0.929. The van der Waals surface area contributed by atoms with E-state index >= 15 is 0 Å². The van der Waals surface area contributed by atoms with Crippen LogP contribution < -0.4 is 4.74 Å². The van der Waals surface area contributed by atoms with E-state index in [1.165, 1.54) is 11.8 Å². The first kappa shape index (κ1) is 16.8. The zero-order valence-electron chi connectivity index (χ0n) is 12.3. The lowest BCUT2D eigenvalue weighted by Gasteiger charge is -2.26. The van der Waals surface area contributed by atoms with Gasteiger partial charge in [0.15, 0.2) is 0 Å². The number of nitrogens with zero attached hydrogens (tertiary/aromatic N) is 1. The van der Waals surface area contributed by atoms with Crippen molar-refractivity contribution in [2.75, 3.05) is 18.9 Å². The van der Waals surface area contributed by atoms with Crippen molar-refractivity contribution in [2.45, 2.75) is 24.8 Å². The molecule has 1 amide bonds. The molecule has 2 unspecified atom stereocenters. The van der Waals surface area contributed by atoms with Gasteiger partial charge in [0.1, 0.15) is 11.1 Å². The summed E-state index contributed by atoms with van der Waals surface area (Å²) in [6.07, 6.45) is -0.642. The van der Waals surface area contributed by atoms with E-state index in [9.17, 15) is 14.7 Å². The van der Waals surface area contributed by atoms with Crippen LogP contribution in [0.5, 0.6) is 5.75 Å². The Labute approximate surface area is 133 Å². The van der Waals surface area contributed by atoms with Gasteiger partial charge in [0.2, 0.25) is 5.91 Å². The van der Waals surface area contributed by atoms with Gasteiger partial charge in [-0.1, -0.05) is 19.1 Å². The Hall–Kier alpha value is -1.57. The maximum atomic E-state index is 11.9. The maximum Gasteiger partial charge on any atom is 0.310 e. The molecule has 1 fully saturated rings. The van der Waals surface area contributed by atoms with Crippen molar-refractivity contribution in [3.8, 4) is 5.75 Å². The second kappa shape index (κ2) is 7.62. The van der Waals surface area contributed by atoms with E-state index in [4.69, 9.17) is 9.84 Å². The van der Waals surface area contributed by atoms with Gasteiger partial charge < -0.3 is 19.8 Å². The molecule has 0 aliphatic carbocycles. The SMILES string of the molecule is CCC(=O)Oc1ccc(C2SCC(=O)N2CC(O)CO)cc1. The van der Waals surface area contributed by atoms with E-state index in [1.54, 1.807) is 36.1 Å². The summed E-state index contributed by atoms with van der Waals surface area (Å²) >= 11 is 1.46. The van der Waals surface area contributed by atoms with Crippen molar-refractivity contribution in [3.05, 3.63) is 29.8 Å². The predicted molar refractivity (Wildman–Crippen MR) is 82.4 cm³/mol. The van der Waals surface area contributed by atoms with Gasteiger partial charge >= 0.3 is 5.97 Å². The lowest BCUT2D eigenvalue weighted by molar-refractivity contribution is -0.134. The molecule has 0 radical (unpaired) electrons. The minimum Gasteiger partial charge on any atom is -0.427 e. The highest BCUT2D eigenvalue weighted by atomic mass is 32.2. The van der Waals surface area contributed by atoms with E-state index in [-0.39, 0.29) is 30.4 Å². The molecule has 1 aromatic carbocycles. The number of benzene rings is 1. The molecule has 0 aromatic heterocycles. The molecular weight excluding hydrogens is 306 g/mol. The fourth-order valence-corrected chi connectivity index (χ4v) is 3.32. The highest BCUT2D eigenvalue weighted by Crippen LogP contribution is 2.39. The quantitative estimate of drug-likeness (QED) is 0.598. The topological polar surface area (TPSA) is 87.1 Å². The third kappa shape index (κ3) is 4.00. The Bertz CT molecular complexity index is 533. The molecule has 1 heterocycles. The van der Waals surface area contributed by atoms with Gasteiger partial charge in [-0.15, -0.1) is 11.8 Å². The Kier molecular flexibility index (Phi) is 5.82. The first-order valence-corrected chi connectivity index (χ1v) is 8.10. The van der Waals surface area contributed by atoms with Gasteiger partial charge in [0, 0.05) is 6.42 Å².